The number of nitrogens with zero attached hydrogens (tertiary/aromatic N) is 6. The zero-order valence-corrected chi connectivity index (χ0v) is 52.7. The van der Waals surface area contributed by atoms with Crippen LogP contribution in [0.5, 0.6) is 0 Å². The Morgan fingerprint density at radius 3 is 0.540 bits per heavy atom. The summed E-state index contributed by atoms with van der Waals surface area (Å²) in [7, 11) is 0. The van der Waals surface area contributed by atoms with Gasteiger partial charge in [0, 0.05) is 73.0 Å². The van der Waals surface area contributed by atoms with E-state index in [0.29, 0.717) is 16.7 Å². The molecule has 0 aliphatic rings. The number of nitriles is 3. The molecule has 0 aromatic heterocycles. The van der Waals surface area contributed by atoms with Crippen molar-refractivity contribution in [2.45, 2.75) is 119 Å². The van der Waals surface area contributed by atoms with Crippen LogP contribution in [0.4, 0.5) is 17.1 Å². The van der Waals surface area contributed by atoms with Crippen molar-refractivity contribution in [1.82, 2.24) is 0 Å². The largest absolute Gasteiger partial charge is 0.372 e. The standard InChI is InChI=1S/C81H90N6/c1-7-13-55-85(56-14-8-2)73-46-37-70(38-47-73)34-25-64-19-28-67(29-20-64)43-52-76-79(61-82)77(53-44-68-30-21-65(22-31-68)26-35-71-39-48-74(49-40-71)86(57-15-9-3)58-16-10-4)81(63-84)78(80(76)62-83)54-45-69-32-23-66(24-33-69)27-36-72-41-50-75(51-42-72)87(59-17-11-5)60-18-12-6/h19-54H,7-18,55-60H2,1-6H3/b34-25+,35-26+,36-27+,52-43+,53-44+,54-45+. The van der Waals surface area contributed by atoms with Crippen molar-refractivity contribution in [2.24, 2.45) is 0 Å². The summed E-state index contributed by atoms with van der Waals surface area (Å²) in [5.41, 5.74) is 15.3. The Bertz CT molecular complexity index is 3110. The Hall–Kier alpha value is -9.15. The molecule has 0 aliphatic heterocycles. The van der Waals surface area contributed by atoms with Gasteiger partial charge in [0.1, 0.15) is 18.2 Å². The molecule has 0 N–H and O–H groups in total. The highest BCUT2D eigenvalue weighted by molar-refractivity contribution is 5.90. The van der Waals surface area contributed by atoms with Crippen LogP contribution < -0.4 is 14.7 Å². The number of hydrogen-bond donors (Lipinski definition) is 0. The maximum absolute atomic E-state index is 11.0. The summed E-state index contributed by atoms with van der Waals surface area (Å²) in [6, 6.07) is 58.5. The summed E-state index contributed by atoms with van der Waals surface area (Å²) in [6.07, 6.45) is 38.3. The highest BCUT2D eigenvalue weighted by Crippen LogP contribution is 2.33. The molecule has 0 spiro atoms. The van der Waals surface area contributed by atoms with Crippen LogP contribution in [0.1, 0.15) is 202 Å². The SMILES string of the molecule is CCCCN(CCCC)c1ccc(/C=C/c2ccc(/C=C/c3c(C#N)c(/C=C/c4ccc(/C=C/c5ccc(N(CCCC)CCCC)cc5)cc4)c(C#N)c(/C=C/c4ccc(/C=C/c5ccc(N(CCCC)CCCC)cc5)cc4)c3C#N)cc2)cc1. The quantitative estimate of drug-likeness (QED) is 0.0381. The fraction of sp³-hybridized carbons (Fsp3) is 0.296. The van der Waals surface area contributed by atoms with Crippen LogP contribution in [-0.2, 0) is 0 Å². The average Bonchev–Trinajstić information content (AvgIpc) is 1.54. The Morgan fingerprint density at radius 1 is 0.241 bits per heavy atom. The van der Waals surface area contributed by atoms with E-state index in [0.717, 1.165) is 89.3 Å². The first-order chi connectivity index (χ1) is 42.7. The van der Waals surface area contributed by atoms with Gasteiger partial charge in [-0.3, -0.25) is 0 Å². The number of benzene rings is 7. The van der Waals surface area contributed by atoms with E-state index >= 15 is 0 Å². The smallest absolute Gasteiger partial charge is 0.100 e. The van der Waals surface area contributed by atoms with Crippen LogP contribution in [0, 0.1) is 34.0 Å². The second kappa shape index (κ2) is 36.0. The predicted molar refractivity (Wildman–Crippen MR) is 379 cm³/mol. The molecule has 87 heavy (non-hydrogen) atoms. The van der Waals surface area contributed by atoms with Gasteiger partial charge >= 0.3 is 0 Å². The van der Waals surface area contributed by atoms with Gasteiger partial charge in [0.25, 0.3) is 0 Å². The van der Waals surface area contributed by atoms with Crippen molar-refractivity contribution in [3.05, 3.63) is 229 Å². The van der Waals surface area contributed by atoms with E-state index in [1.807, 2.05) is 72.9 Å². The Balaban J connectivity index is 1.15. The number of anilines is 3. The molecule has 6 nitrogen and oxygen atoms in total. The van der Waals surface area contributed by atoms with Gasteiger partial charge in [0.15, 0.2) is 0 Å². The minimum Gasteiger partial charge on any atom is -0.372 e. The molecule has 0 bridgehead atoms. The molecule has 7 rings (SSSR count). The van der Waals surface area contributed by atoms with Crippen molar-refractivity contribution >= 4 is 90.0 Å². The molecule has 7 aromatic carbocycles. The summed E-state index contributed by atoms with van der Waals surface area (Å²) >= 11 is 0. The third kappa shape index (κ3) is 20.0. The Kier molecular flexibility index (Phi) is 27.0. The van der Waals surface area contributed by atoms with Gasteiger partial charge in [0.2, 0.25) is 0 Å². The molecule has 0 radical (unpaired) electrons. The second-order valence-electron chi connectivity index (χ2n) is 22.6. The molecule has 0 fully saturated rings. The fourth-order valence-corrected chi connectivity index (χ4v) is 10.5. The zero-order valence-electron chi connectivity index (χ0n) is 52.7. The van der Waals surface area contributed by atoms with Crippen LogP contribution in [0.3, 0.4) is 0 Å². The number of rotatable bonds is 33. The summed E-state index contributed by atoms with van der Waals surface area (Å²) < 4.78 is 0. The lowest BCUT2D eigenvalue weighted by atomic mass is 9.86. The van der Waals surface area contributed by atoms with Gasteiger partial charge in [0.05, 0.1) is 16.7 Å². The van der Waals surface area contributed by atoms with Crippen molar-refractivity contribution in [3.8, 4) is 18.2 Å². The Morgan fingerprint density at radius 2 is 0.391 bits per heavy atom. The molecular formula is C81H90N6. The molecule has 0 unspecified atom stereocenters. The maximum atomic E-state index is 11.0. The van der Waals surface area contributed by atoms with Crippen LogP contribution in [0.2, 0.25) is 0 Å². The van der Waals surface area contributed by atoms with Gasteiger partial charge < -0.3 is 14.7 Å². The molecule has 0 atom stereocenters. The van der Waals surface area contributed by atoms with Gasteiger partial charge in [-0.2, -0.15) is 15.8 Å². The third-order valence-corrected chi connectivity index (χ3v) is 16.0. The highest BCUT2D eigenvalue weighted by Gasteiger charge is 2.21. The van der Waals surface area contributed by atoms with Crippen LogP contribution >= 0.6 is 0 Å². The summed E-state index contributed by atoms with van der Waals surface area (Å²) in [6.45, 7) is 19.9. The van der Waals surface area contributed by atoms with E-state index in [-0.39, 0.29) is 16.7 Å². The minimum atomic E-state index is 0.262. The van der Waals surface area contributed by atoms with E-state index in [9.17, 15) is 15.8 Å². The van der Waals surface area contributed by atoms with E-state index in [1.165, 1.54) is 94.1 Å². The van der Waals surface area contributed by atoms with E-state index in [2.05, 4.69) is 220 Å². The van der Waals surface area contributed by atoms with Crippen molar-refractivity contribution in [2.75, 3.05) is 54.0 Å². The van der Waals surface area contributed by atoms with Gasteiger partial charge in [-0.15, -0.1) is 0 Å². The van der Waals surface area contributed by atoms with Crippen molar-refractivity contribution < 1.29 is 0 Å². The molecule has 6 heteroatoms. The zero-order chi connectivity index (χ0) is 61.4. The number of hydrogen-bond acceptors (Lipinski definition) is 6. The van der Waals surface area contributed by atoms with Gasteiger partial charge in [-0.25, -0.2) is 0 Å². The lowest BCUT2D eigenvalue weighted by molar-refractivity contribution is 0.678. The summed E-state index contributed by atoms with van der Waals surface area (Å²) in [4.78, 5) is 7.51. The monoisotopic (exact) mass is 1150 g/mol. The van der Waals surface area contributed by atoms with E-state index in [1.54, 1.807) is 0 Å². The average molecular weight is 1150 g/mol. The van der Waals surface area contributed by atoms with Crippen molar-refractivity contribution in [1.29, 1.82) is 15.8 Å². The van der Waals surface area contributed by atoms with E-state index < -0.39 is 0 Å². The van der Waals surface area contributed by atoms with Gasteiger partial charge in [-0.05, 0) is 125 Å². The molecule has 7 aromatic rings. The first-order valence-corrected chi connectivity index (χ1v) is 32.1. The second-order valence-corrected chi connectivity index (χ2v) is 22.6. The lowest BCUT2D eigenvalue weighted by Crippen LogP contribution is -2.25. The molecule has 444 valence electrons. The van der Waals surface area contributed by atoms with Crippen molar-refractivity contribution in [3.63, 3.8) is 0 Å². The van der Waals surface area contributed by atoms with Crippen LogP contribution in [-0.4, -0.2) is 39.3 Å². The molecule has 0 heterocycles. The van der Waals surface area contributed by atoms with Gasteiger partial charge in [-0.1, -0.05) is 262 Å². The number of unbranched alkanes of at least 4 members (excludes halogenated alkanes) is 6. The summed E-state index contributed by atoms with van der Waals surface area (Å²) in [5, 5.41) is 33.0. The molecule has 0 saturated carbocycles. The minimum absolute atomic E-state index is 0.262. The fourth-order valence-electron chi connectivity index (χ4n) is 10.5. The molecule has 0 saturated heterocycles. The highest BCUT2D eigenvalue weighted by atomic mass is 15.1. The maximum Gasteiger partial charge on any atom is 0.100 e. The van der Waals surface area contributed by atoms with E-state index in [4.69, 9.17) is 0 Å². The molecular weight excluding hydrogens is 1060 g/mol. The molecule has 0 aliphatic carbocycles. The Labute approximate surface area is 522 Å². The third-order valence-electron chi connectivity index (χ3n) is 16.0. The topological polar surface area (TPSA) is 81.1 Å². The normalized spacial score (nSPS) is 11.6. The predicted octanol–water partition coefficient (Wildman–Crippen LogP) is 21.5. The molecule has 0 amide bonds. The lowest BCUT2D eigenvalue weighted by Gasteiger charge is -2.24. The summed E-state index contributed by atoms with van der Waals surface area (Å²) in [5.74, 6) is 0. The van der Waals surface area contributed by atoms with Crippen LogP contribution in [0.25, 0.3) is 72.9 Å². The first kappa shape index (κ1) is 65.4. The van der Waals surface area contributed by atoms with Crippen LogP contribution in [0.15, 0.2) is 146 Å². The first-order valence-electron chi connectivity index (χ1n) is 32.1.